The maximum atomic E-state index is 11.5. The van der Waals surface area contributed by atoms with Crippen LogP contribution in [0.25, 0.3) is 0 Å². The van der Waals surface area contributed by atoms with Gasteiger partial charge in [-0.3, -0.25) is 4.79 Å². The van der Waals surface area contributed by atoms with Crippen molar-refractivity contribution in [3.63, 3.8) is 0 Å². The van der Waals surface area contributed by atoms with Crippen molar-refractivity contribution in [2.45, 2.75) is 71.8 Å². The van der Waals surface area contributed by atoms with E-state index in [1.165, 1.54) is 6.42 Å². The Hall–Kier alpha value is -0.570. The number of aliphatic carboxylic acids is 1. The molecule has 0 rings (SSSR count). The molecule has 2 atom stereocenters. The highest BCUT2D eigenvalue weighted by Gasteiger charge is 2.36. The van der Waals surface area contributed by atoms with Crippen molar-refractivity contribution in [2.75, 3.05) is 6.54 Å². The monoisotopic (exact) mass is 243 g/mol. The SMILES string of the molecule is CCCCCNC(CC)(CC(C)CC)C(=O)O. The molecule has 0 aliphatic heterocycles. The topological polar surface area (TPSA) is 49.3 Å². The first kappa shape index (κ1) is 16.4. The van der Waals surface area contributed by atoms with Crippen molar-refractivity contribution >= 4 is 5.97 Å². The lowest BCUT2D eigenvalue weighted by Crippen LogP contribution is -2.53. The molecule has 0 amide bonds. The van der Waals surface area contributed by atoms with Crippen LogP contribution < -0.4 is 5.32 Å². The molecular weight excluding hydrogens is 214 g/mol. The number of carboxylic acids is 1. The summed E-state index contributed by atoms with van der Waals surface area (Å²) >= 11 is 0. The summed E-state index contributed by atoms with van der Waals surface area (Å²) in [5.41, 5.74) is -0.719. The van der Waals surface area contributed by atoms with E-state index in [0.29, 0.717) is 12.3 Å². The summed E-state index contributed by atoms with van der Waals surface area (Å²) in [6, 6.07) is 0. The molecule has 0 aromatic carbocycles. The molecular formula is C14H29NO2. The van der Waals surface area contributed by atoms with E-state index in [4.69, 9.17) is 0 Å². The van der Waals surface area contributed by atoms with Gasteiger partial charge in [0.25, 0.3) is 0 Å². The molecule has 0 fully saturated rings. The number of hydrogen-bond acceptors (Lipinski definition) is 2. The van der Waals surface area contributed by atoms with Crippen molar-refractivity contribution in [1.29, 1.82) is 0 Å². The van der Waals surface area contributed by atoms with Crippen LogP contribution in [0.15, 0.2) is 0 Å². The van der Waals surface area contributed by atoms with Gasteiger partial charge in [-0.15, -0.1) is 0 Å². The Bertz CT molecular complexity index is 218. The highest BCUT2D eigenvalue weighted by Crippen LogP contribution is 2.23. The zero-order chi connectivity index (χ0) is 13.3. The van der Waals surface area contributed by atoms with Gasteiger partial charge in [0.1, 0.15) is 5.54 Å². The molecule has 0 spiro atoms. The number of unbranched alkanes of at least 4 members (excludes halogenated alkanes) is 2. The Morgan fingerprint density at radius 3 is 2.35 bits per heavy atom. The van der Waals surface area contributed by atoms with Gasteiger partial charge in [0.2, 0.25) is 0 Å². The van der Waals surface area contributed by atoms with Crippen LogP contribution in [0.4, 0.5) is 0 Å². The molecule has 102 valence electrons. The quantitative estimate of drug-likeness (QED) is 0.578. The molecule has 0 bridgehead atoms. The van der Waals surface area contributed by atoms with E-state index in [9.17, 15) is 9.90 Å². The molecule has 0 aliphatic rings. The molecule has 0 saturated carbocycles. The molecule has 2 N–H and O–H groups in total. The standard InChI is InChI=1S/C14H29NO2/c1-5-8-9-10-15-14(7-3,13(16)17)11-12(4)6-2/h12,15H,5-11H2,1-4H3,(H,16,17). The summed E-state index contributed by atoms with van der Waals surface area (Å²) in [5, 5.41) is 12.7. The van der Waals surface area contributed by atoms with Gasteiger partial charge in [0.05, 0.1) is 0 Å². The summed E-state index contributed by atoms with van der Waals surface area (Å²) in [4.78, 5) is 11.5. The van der Waals surface area contributed by atoms with Crippen LogP contribution in [0.5, 0.6) is 0 Å². The van der Waals surface area contributed by atoms with Crippen LogP contribution in [0, 0.1) is 5.92 Å². The number of nitrogens with one attached hydrogen (secondary N) is 1. The Balaban J connectivity index is 4.43. The number of carboxylic acid groups (broad SMARTS) is 1. The smallest absolute Gasteiger partial charge is 0.323 e. The Morgan fingerprint density at radius 1 is 1.29 bits per heavy atom. The Labute approximate surface area is 106 Å². The second-order valence-corrected chi connectivity index (χ2v) is 5.09. The van der Waals surface area contributed by atoms with E-state index in [2.05, 4.69) is 26.1 Å². The maximum absolute atomic E-state index is 11.5. The van der Waals surface area contributed by atoms with E-state index in [-0.39, 0.29) is 0 Å². The molecule has 0 aromatic heterocycles. The molecule has 0 aliphatic carbocycles. The lowest BCUT2D eigenvalue weighted by Gasteiger charge is -2.32. The minimum absolute atomic E-state index is 0.449. The number of carbonyl (C=O) groups is 1. The third-order valence-corrected chi connectivity index (χ3v) is 3.65. The average molecular weight is 243 g/mol. The fourth-order valence-corrected chi connectivity index (χ4v) is 2.10. The lowest BCUT2D eigenvalue weighted by molar-refractivity contribution is -0.146. The molecule has 3 heteroatoms. The van der Waals surface area contributed by atoms with Crippen LogP contribution >= 0.6 is 0 Å². The van der Waals surface area contributed by atoms with Gasteiger partial charge in [-0.1, -0.05) is 47.0 Å². The molecule has 0 aromatic rings. The van der Waals surface area contributed by atoms with E-state index < -0.39 is 11.5 Å². The Kier molecular flexibility index (Phi) is 8.23. The number of hydrogen-bond donors (Lipinski definition) is 2. The van der Waals surface area contributed by atoms with Crippen molar-refractivity contribution < 1.29 is 9.90 Å². The van der Waals surface area contributed by atoms with E-state index >= 15 is 0 Å². The highest BCUT2D eigenvalue weighted by atomic mass is 16.4. The number of rotatable bonds is 10. The molecule has 0 radical (unpaired) electrons. The summed E-state index contributed by atoms with van der Waals surface area (Å²) in [7, 11) is 0. The molecule has 0 saturated heterocycles. The van der Waals surface area contributed by atoms with E-state index in [1.54, 1.807) is 0 Å². The summed E-state index contributed by atoms with van der Waals surface area (Å²) in [5.74, 6) is -0.249. The van der Waals surface area contributed by atoms with Crippen molar-refractivity contribution in [3.05, 3.63) is 0 Å². The molecule has 3 nitrogen and oxygen atoms in total. The normalized spacial score (nSPS) is 16.5. The van der Waals surface area contributed by atoms with Gasteiger partial charge in [0, 0.05) is 0 Å². The first-order valence-electron chi connectivity index (χ1n) is 7.00. The second kappa shape index (κ2) is 8.51. The molecule has 2 unspecified atom stereocenters. The third-order valence-electron chi connectivity index (χ3n) is 3.65. The molecule has 0 heterocycles. The second-order valence-electron chi connectivity index (χ2n) is 5.09. The summed E-state index contributed by atoms with van der Waals surface area (Å²) in [6.45, 7) is 9.17. The van der Waals surface area contributed by atoms with Crippen molar-refractivity contribution in [3.8, 4) is 0 Å². The molecule has 17 heavy (non-hydrogen) atoms. The minimum atomic E-state index is -0.719. The van der Waals surface area contributed by atoms with Gasteiger partial charge in [-0.25, -0.2) is 0 Å². The van der Waals surface area contributed by atoms with Gasteiger partial charge >= 0.3 is 5.97 Å². The largest absolute Gasteiger partial charge is 0.480 e. The lowest BCUT2D eigenvalue weighted by atomic mass is 9.84. The van der Waals surface area contributed by atoms with Crippen molar-refractivity contribution in [2.24, 2.45) is 5.92 Å². The van der Waals surface area contributed by atoms with Crippen molar-refractivity contribution in [1.82, 2.24) is 5.32 Å². The minimum Gasteiger partial charge on any atom is -0.480 e. The maximum Gasteiger partial charge on any atom is 0.323 e. The fourth-order valence-electron chi connectivity index (χ4n) is 2.10. The van der Waals surface area contributed by atoms with Gasteiger partial charge < -0.3 is 10.4 Å². The van der Waals surface area contributed by atoms with Crippen LogP contribution in [0.3, 0.4) is 0 Å². The highest BCUT2D eigenvalue weighted by molar-refractivity contribution is 5.78. The van der Waals surface area contributed by atoms with E-state index in [1.807, 2.05) is 6.92 Å². The van der Waals surface area contributed by atoms with Gasteiger partial charge in [-0.05, 0) is 31.7 Å². The predicted molar refractivity (Wildman–Crippen MR) is 72.3 cm³/mol. The summed E-state index contributed by atoms with van der Waals surface area (Å²) < 4.78 is 0. The summed E-state index contributed by atoms with van der Waals surface area (Å²) in [6.07, 6.45) is 5.80. The van der Waals surface area contributed by atoms with Gasteiger partial charge in [0.15, 0.2) is 0 Å². The van der Waals surface area contributed by atoms with Crippen LogP contribution in [-0.4, -0.2) is 23.2 Å². The van der Waals surface area contributed by atoms with Crippen LogP contribution in [0.1, 0.15) is 66.2 Å². The first-order chi connectivity index (χ1) is 8.02. The zero-order valence-corrected chi connectivity index (χ0v) is 11.9. The van der Waals surface area contributed by atoms with Gasteiger partial charge in [-0.2, -0.15) is 0 Å². The van der Waals surface area contributed by atoms with E-state index in [0.717, 1.165) is 32.2 Å². The first-order valence-corrected chi connectivity index (χ1v) is 7.00. The average Bonchev–Trinajstić information content (AvgIpc) is 2.32. The third kappa shape index (κ3) is 5.53. The Morgan fingerprint density at radius 2 is 1.94 bits per heavy atom. The fraction of sp³-hybridized carbons (Fsp3) is 0.929. The zero-order valence-electron chi connectivity index (χ0n) is 11.9. The van der Waals surface area contributed by atoms with Crippen LogP contribution in [0.2, 0.25) is 0 Å². The van der Waals surface area contributed by atoms with Crippen LogP contribution in [-0.2, 0) is 4.79 Å². The predicted octanol–water partition coefficient (Wildman–Crippen LogP) is 3.44.